The summed E-state index contributed by atoms with van der Waals surface area (Å²) in [4.78, 5) is 13.2. The van der Waals surface area contributed by atoms with Gasteiger partial charge in [-0.15, -0.1) is 30.2 Å². The second-order valence-corrected chi connectivity index (χ2v) is 11.9. The zero-order valence-electron chi connectivity index (χ0n) is 26.9. The van der Waals surface area contributed by atoms with E-state index in [9.17, 15) is 0 Å². The third-order valence-corrected chi connectivity index (χ3v) is 7.41. The van der Waals surface area contributed by atoms with Crippen molar-refractivity contribution in [3.8, 4) is 69.1 Å². The fraction of sp³-hybridized carbons (Fsp3) is 0.182. The van der Waals surface area contributed by atoms with Gasteiger partial charge in [0.1, 0.15) is 34.3 Å². The quantitative estimate of drug-likeness (QED) is 0.142. The molecule has 0 unspecified atom stereocenters. The highest BCUT2D eigenvalue weighted by Crippen LogP contribution is 2.30. The monoisotopic (exact) mass is 674 g/mol. The standard InChI is InChI=1S/C33H30N12O3S/c1-20(2)43-17-28(37-40-43)22-5-11-25(12-6-22)46-31-34-32(47-26-13-7-23(8-14-26)29-18-44(21(3)4)41-38-29)36-33(35-31)48-27-15-9-24(10-16-27)30-19-45(49)42-39-30/h5-21,49H,1-4H3. The Bertz CT molecular complexity index is 2070. The summed E-state index contributed by atoms with van der Waals surface area (Å²) in [5, 5.41) is 24.8. The number of hydrogen-bond acceptors (Lipinski definition) is 13. The van der Waals surface area contributed by atoms with Crippen molar-refractivity contribution in [1.29, 1.82) is 0 Å². The lowest BCUT2D eigenvalue weighted by Gasteiger charge is -2.10. The SMILES string of the molecule is CC(C)n1cc(-c2ccc(Oc3nc(Oc4ccc(-c5cn(S)nn5)cc4)nc(Oc4ccc(-c5cn(C(C)C)nn5)cc4)n3)cc2)nn1. The average Bonchev–Trinajstić information content (AvgIpc) is 3.88. The van der Waals surface area contributed by atoms with Gasteiger partial charge in [0.15, 0.2) is 0 Å². The minimum absolute atomic E-state index is 0.0255. The summed E-state index contributed by atoms with van der Waals surface area (Å²) >= 11 is 4.15. The predicted octanol–water partition coefficient (Wildman–Crippen LogP) is 6.88. The van der Waals surface area contributed by atoms with Crippen molar-refractivity contribution in [2.45, 2.75) is 39.8 Å². The van der Waals surface area contributed by atoms with E-state index in [4.69, 9.17) is 14.2 Å². The van der Waals surface area contributed by atoms with Gasteiger partial charge in [-0.1, -0.05) is 15.6 Å². The van der Waals surface area contributed by atoms with E-state index in [1.165, 1.54) is 4.09 Å². The van der Waals surface area contributed by atoms with Gasteiger partial charge < -0.3 is 14.2 Å². The van der Waals surface area contributed by atoms with Gasteiger partial charge in [0, 0.05) is 28.8 Å². The molecule has 49 heavy (non-hydrogen) atoms. The van der Waals surface area contributed by atoms with Crippen LogP contribution < -0.4 is 14.2 Å². The summed E-state index contributed by atoms with van der Waals surface area (Å²) < 4.78 is 23.0. The van der Waals surface area contributed by atoms with E-state index in [0.717, 1.165) is 28.1 Å². The highest BCUT2D eigenvalue weighted by molar-refractivity contribution is 7.78. The third-order valence-electron chi connectivity index (χ3n) is 7.21. The highest BCUT2D eigenvalue weighted by Gasteiger charge is 2.15. The maximum absolute atomic E-state index is 6.04. The number of benzene rings is 3. The van der Waals surface area contributed by atoms with Crippen LogP contribution in [0, 0.1) is 0 Å². The van der Waals surface area contributed by atoms with E-state index in [0.29, 0.717) is 22.9 Å². The normalized spacial score (nSPS) is 11.3. The summed E-state index contributed by atoms with van der Waals surface area (Å²) in [5.41, 5.74) is 4.78. The van der Waals surface area contributed by atoms with Crippen LogP contribution in [0.3, 0.4) is 0 Å². The van der Waals surface area contributed by atoms with Crippen LogP contribution in [-0.2, 0) is 0 Å². The molecule has 0 amide bonds. The van der Waals surface area contributed by atoms with E-state index in [-0.39, 0.29) is 30.1 Å². The minimum Gasteiger partial charge on any atom is -0.424 e. The van der Waals surface area contributed by atoms with Crippen LogP contribution in [0.15, 0.2) is 91.4 Å². The highest BCUT2D eigenvalue weighted by atomic mass is 32.1. The summed E-state index contributed by atoms with van der Waals surface area (Å²) in [5.74, 6) is 1.45. The van der Waals surface area contributed by atoms with Gasteiger partial charge in [0.25, 0.3) is 0 Å². The van der Waals surface area contributed by atoms with Crippen LogP contribution in [0.4, 0.5) is 0 Å². The molecule has 7 aromatic rings. The molecule has 7 rings (SSSR count). The third kappa shape index (κ3) is 7.38. The number of aromatic nitrogens is 12. The van der Waals surface area contributed by atoms with Crippen molar-refractivity contribution >= 4 is 12.8 Å². The fourth-order valence-corrected chi connectivity index (χ4v) is 4.71. The second kappa shape index (κ2) is 13.5. The molecule has 0 radical (unpaired) electrons. The Morgan fingerprint density at radius 3 is 1.08 bits per heavy atom. The molecule has 0 aliphatic heterocycles. The molecular formula is C33H30N12O3S. The van der Waals surface area contributed by atoms with Gasteiger partial charge in [-0.25, -0.2) is 9.36 Å². The van der Waals surface area contributed by atoms with Crippen LogP contribution >= 0.6 is 12.8 Å². The van der Waals surface area contributed by atoms with E-state index in [1.54, 1.807) is 52.0 Å². The smallest absolute Gasteiger partial charge is 0.331 e. The Hall–Kier alpha value is -6.16. The summed E-state index contributed by atoms with van der Waals surface area (Å²) in [6.45, 7) is 8.18. The Morgan fingerprint density at radius 2 is 0.796 bits per heavy atom. The molecule has 15 nitrogen and oxygen atoms in total. The number of ether oxygens (including phenoxy) is 3. The molecule has 0 N–H and O–H groups in total. The average molecular weight is 675 g/mol. The Morgan fingerprint density at radius 1 is 0.469 bits per heavy atom. The topological polar surface area (TPSA) is 158 Å². The largest absolute Gasteiger partial charge is 0.424 e. The first-order valence-corrected chi connectivity index (χ1v) is 15.7. The van der Waals surface area contributed by atoms with Gasteiger partial charge in [0.05, 0.1) is 18.6 Å². The molecule has 16 heteroatoms. The van der Waals surface area contributed by atoms with Crippen LogP contribution in [0.25, 0.3) is 33.8 Å². The van der Waals surface area contributed by atoms with Crippen LogP contribution in [0.5, 0.6) is 35.3 Å². The zero-order valence-corrected chi connectivity index (χ0v) is 27.7. The fourth-order valence-electron chi connectivity index (χ4n) is 4.56. The molecule has 0 saturated heterocycles. The summed E-state index contributed by atoms with van der Waals surface area (Å²) in [7, 11) is 0. The summed E-state index contributed by atoms with van der Waals surface area (Å²) in [6.07, 6.45) is 5.50. The lowest BCUT2D eigenvalue weighted by atomic mass is 10.1. The first-order valence-electron chi connectivity index (χ1n) is 15.3. The van der Waals surface area contributed by atoms with Crippen LogP contribution in [0.1, 0.15) is 39.8 Å². The van der Waals surface area contributed by atoms with Crippen molar-refractivity contribution in [2.24, 2.45) is 0 Å². The lowest BCUT2D eigenvalue weighted by Crippen LogP contribution is -2.01. The molecule has 0 bridgehead atoms. The Labute approximate surface area is 286 Å². The van der Waals surface area contributed by atoms with Crippen molar-refractivity contribution < 1.29 is 14.2 Å². The number of rotatable bonds is 11. The lowest BCUT2D eigenvalue weighted by molar-refractivity contribution is 0.362. The van der Waals surface area contributed by atoms with Crippen molar-refractivity contribution in [3.63, 3.8) is 0 Å². The van der Waals surface area contributed by atoms with Crippen LogP contribution in [0.2, 0.25) is 0 Å². The Balaban J connectivity index is 1.13. The zero-order chi connectivity index (χ0) is 33.9. The maximum atomic E-state index is 6.04. The van der Waals surface area contributed by atoms with E-state index < -0.39 is 0 Å². The van der Waals surface area contributed by atoms with Gasteiger partial charge in [0.2, 0.25) is 0 Å². The van der Waals surface area contributed by atoms with Gasteiger partial charge in [-0.2, -0.15) is 4.09 Å². The first-order chi connectivity index (χ1) is 23.8. The van der Waals surface area contributed by atoms with Gasteiger partial charge in [-0.3, -0.25) is 0 Å². The summed E-state index contributed by atoms with van der Waals surface area (Å²) in [6, 6.07) is 22.3. The Kier molecular flexibility index (Phi) is 8.68. The van der Waals surface area contributed by atoms with Gasteiger partial charge >= 0.3 is 18.0 Å². The number of hydrogen-bond donors (Lipinski definition) is 1. The molecule has 4 heterocycles. The molecule has 4 aromatic heterocycles. The maximum Gasteiger partial charge on any atom is 0.331 e. The van der Waals surface area contributed by atoms with Crippen LogP contribution in [-0.4, -0.2) is 59.3 Å². The van der Waals surface area contributed by atoms with Crippen molar-refractivity contribution in [3.05, 3.63) is 91.4 Å². The van der Waals surface area contributed by atoms with Crippen molar-refractivity contribution in [1.82, 2.24) is 59.3 Å². The number of thiol groups is 1. The molecule has 0 fully saturated rings. The first kappa shape index (κ1) is 31.4. The molecule has 0 atom stereocenters. The van der Waals surface area contributed by atoms with E-state index in [2.05, 4.69) is 58.7 Å². The van der Waals surface area contributed by atoms with E-state index >= 15 is 0 Å². The second-order valence-electron chi connectivity index (χ2n) is 11.4. The van der Waals surface area contributed by atoms with Gasteiger partial charge in [-0.05, 0) is 113 Å². The number of nitrogens with zero attached hydrogens (tertiary/aromatic N) is 12. The molecule has 246 valence electrons. The predicted molar refractivity (Wildman–Crippen MR) is 182 cm³/mol. The van der Waals surface area contributed by atoms with Crippen molar-refractivity contribution in [2.75, 3.05) is 0 Å². The molecule has 3 aromatic carbocycles. The molecule has 0 spiro atoms. The molecule has 0 aliphatic rings. The van der Waals surface area contributed by atoms with E-state index in [1.807, 2.05) is 76.5 Å². The molecule has 0 saturated carbocycles. The minimum atomic E-state index is -0.0297. The molecular weight excluding hydrogens is 645 g/mol. The molecule has 0 aliphatic carbocycles.